The lowest BCUT2D eigenvalue weighted by atomic mass is 9.82. The zero-order chi connectivity index (χ0) is 13.1. The Hall–Kier alpha value is -0.890. The Bertz CT molecular complexity index is 331. The fourth-order valence-corrected chi connectivity index (χ4v) is 2.16. The van der Waals surface area contributed by atoms with Crippen LogP contribution in [0.3, 0.4) is 0 Å². The molecule has 0 aromatic heterocycles. The van der Waals surface area contributed by atoms with E-state index >= 15 is 0 Å². The number of aliphatic hydroxyl groups is 1. The fourth-order valence-electron chi connectivity index (χ4n) is 2.16. The van der Waals surface area contributed by atoms with Gasteiger partial charge in [-0.05, 0) is 57.9 Å². The third-order valence-electron chi connectivity index (χ3n) is 3.44. The predicted octanol–water partition coefficient (Wildman–Crippen LogP) is 3.41. The third-order valence-corrected chi connectivity index (χ3v) is 3.44. The van der Waals surface area contributed by atoms with Crippen molar-refractivity contribution in [1.29, 1.82) is 0 Å². The second kappa shape index (κ2) is 5.63. The second-order valence-electron chi connectivity index (χ2n) is 5.77. The fraction of sp³-hybridized carbons (Fsp3) is 0.667. The van der Waals surface area contributed by atoms with Crippen molar-refractivity contribution < 1.29 is 9.90 Å². The minimum absolute atomic E-state index is 0.255. The molecule has 0 bridgehead atoms. The topological polar surface area (TPSA) is 37.3 Å². The normalized spacial score (nSPS) is 21.3. The maximum atomic E-state index is 11.6. The molecule has 0 heterocycles. The molecule has 1 atom stereocenters. The summed E-state index contributed by atoms with van der Waals surface area (Å²) in [7, 11) is 0. The van der Waals surface area contributed by atoms with Gasteiger partial charge in [-0.1, -0.05) is 18.2 Å². The maximum absolute atomic E-state index is 11.6. The minimum atomic E-state index is -0.598. The molecule has 1 aliphatic carbocycles. The van der Waals surface area contributed by atoms with E-state index in [2.05, 4.69) is 6.58 Å². The largest absolute Gasteiger partial charge is 0.390 e. The summed E-state index contributed by atoms with van der Waals surface area (Å²) in [5, 5.41) is 9.62. The second-order valence-corrected chi connectivity index (χ2v) is 5.77. The lowest BCUT2D eigenvalue weighted by Gasteiger charge is -2.23. The zero-order valence-electron chi connectivity index (χ0n) is 11.3. The summed E-state index contributed by atoms with van der Waals surface area (Å²) in [4.78, 5) is 11.6. The molecule has 2 heteroatoms. The number of hydrogen-bond donors (Lipinski definition) is 1. The highest BCUT2D eigenvalue weighted by Crippen LogP contribution is 2.29. The quantitative estimate of drug-likeness (QED) is 0.743. The van der Waals surface area contributed by atoms with Crippen LogP contribution in [0.15, 0.2) is 23.8 Å². The van der Waals surface area contributed by atoms with Gasteiger partial charge >= 0.3 is 0 Å². The predicted molar refractivity (Wildman–Crippen MR) is 70.8 cm³/mol. The van der Waals surface area contributed by atoms with Crippen molar-refractivity contribution in [1.82, 2.24) is 0 Å². The first-order valence-electron chi connectivity index (χ1n) is 6.39. The summed E-state index contributed by atoms with van der Waals surface area (Å²) >= 11 is 0. The van der Waals surface area contributed by atoms with Crippen LogP contribution < -0.4 is 0 Å². The highest BCUT2D eigenvalue weighted by molar-refractivity contribution is 5.95. The van der Waals surface area contributed by atoms with Crippen LogP contribution in [-0.4, -0.2) is 16.5 Å². The third kappa shape index (κ3) is 4.86. The number of carbonyl (C=O) groups is 1. The minimum Gasteiger partial charge on any atom is -0.390 e. The molecule has 0 aliphatic heterocycles. The molecule has 0 aromatic rings. The van der Waals surface area contributed by atoms with Gasteiger partial charge in [0, 0.05) is 6.42 Å². The van der Waals surface area contributed by atoms with E-state index in [0.29, 0.717) is 12.3 Å². The molecule has 1 aliphatic rings. The van der Waals surface area contributed by atoms with Crippen molar-refractivity contribution in [3.8, 4) is 0 Å². The summed E-state index contributed by atoms with van der Waals surface area (Å²) in [5.41, 5.74) is 1.45. The number of Topliss-reactive ketones (excluding diaryl/α,β-unsaturated/α-hetero) is 1. The van der Waals surface area contributed by atoms with Gasteiger partial charge in [-0.15, -0.1) is 0 Å². The average molecular weight is 236 g/mol. The van der Waals surface area contributed by atoms with Gasteiger partial charge in [-0.25, -0.2) is 0 Å². The van der Waals surface area contributed by atoms with Crippen molar-refractivity contribution >= 4 is 5.78 Å². The Morgan fingerprint density at radius 3 is 2.76 bits per heavy atom. The standard InChI is InChI=1S/C15H24O2/c1-11(6-5-9-15(3,4)17)13-8-7-12(2)14(16)10-13/h7,13,17H,1,5-6,8-10H2,2-4H3. The van der Waals surface area contributed by atoms with Crippen LogP contribution in [0.4, 0.5) is 0 Å². The van der Waals surface area contributed by atoms with E-state index in [0.717, 1.165) is 36.8 Å². The summed E-state index contributed by atoms with van der Waals surface area (Å²) in [6, 6.07) is 0. The number of ketones is 1. The Morgan fingerprint density at radius 1 is 1.59 bits per heavy atom. The van der Waals surface area contributed by atoms with Crippen LogP contribution in [0.2, 0.25) is 0 Å². The van der Waals surface area contributed by atoms with Crippen LogP contribution in [0.5, 0.6) is 0 Å². The van der Waals surface area contributed by atoms with Gasteiger partial charge in [0.1, 0.15) is 0 Å². The van der Waals surface area contributed by atoms with Crippen LogP contribution in [-0.2, 0) is 4.79 Å². The van der Waals surface area contributed by atoms with Gasteiger partial charge in [-0.3, -0.25) is 4.79 Å². The Morgan fingerprint density at radius 2 is 2.24 bits per heavy atom. The van der Waals surface area contributed by atoms with E-state index in [-0.39, 0.29) is 5.78 Å². The van der Waals surface area contributed by atoms with Crippen molar-refractivity contribution in [2.75, 3.05) is 0 Å². The number of allylic oxidation sites excluding steroid dienone is 3. The molecule has 0 spiro atoms. The number of rotatable bonds is 5. The molecule has 2 nitrogen and oxygen atoms in total. The molecule has 0 saturated carbocycles. The highest BCUT2D eigenvalue weighted by Gasteiger charge is 2.21. The van der Waals surface area contributed by atoms with Crippen LogP contribution in [0.1, 0.15) is 52.9 Å². The molecule has 0 amide bonds. The maximum Gasteiger partial charge on any atom is 0.158 e. The average Bonchev–Trinajstić information content (AvgIpc) is 2.20. The van der Waals surface area contributed by atoms with Gasteiger partial charge < -0.3 is 5.11 Å². The van der Waals surface area contributed by atoms with Gasteiger partial charge in [-0.2, -0.15) is 0 Å². The van der Waals surface area contributed by atoms with E-state index in [1.54, 1.807) is 0 Å². The molecule has 17 heavy (non-hydrogen) atoms. The van der Waals surface area contributed by atoms with Crippen LogP contribution >= 0.6 is 0 Å². The monoisotopic (exact) mass is 236 g/mol. The van der Waals surface area contributed by atoms with E-state index in [9.17, 15) is 9.90 Å². The first kappa shape index (κ1) is 14.2. The Balaban J connectivity index is 2.37. The summed E-state index contributed by atoms with van der Waals surface area (Å²) in [5.74, 6) is 0.567. The summed E-state index contributed by atoms with van der Waals surface area (Å²) in [6.07, 6.45) is 6.21. The molecule has 1 N–H and O–H groups in total. The molecular weight excluding hydrogens is 212 g/mol. The van der Waals surface area contributed by atoms with Gasteiger partial charge in [0.15, 0.2) is 5.78 Å². The summed E-state index contributed by atoms with van der Waals surface area (Å²) in [6.45, 7) is 9.63. The summed E-state index contributed by atoms with van der Waals surface area (Å²) < 4.78 is 0. The molecule has 96 valence electrons. The van der Waals surface area contributed by atoms with E-state index < -0.39 is 5.60 Å². The molecule has 0 radical (unpaired) electrons. The lowest BCUT2D eigenvalue weighted by molar-refractivity contribution is -0.116. The smallest absolute Gasteiger partial charge is 0.158 e. The first-order valence-corrected chi connectivity index (χ1v) is 6.39. The van der Waals surface area contributed by atoms with Crippen molar-refractivity contribution in [2.24, 2.45) is 5.92 Å². The molecule has 0 fully saturated rings. The number of hydrogen-bond acceptors (Lipinski definition) is 2. The van der Waals surface area contributed by atoms with E-state index in [1.807, 2.05) is 26.8 Å². The first-order chi connectivity index (χ1) is 7.79. The highest BCUT2D eigenvalue weighted by atomic mass is 16.3. The molecule has 1 unspecified atom stereocenters. The van der Waals surface area contributed by atoms with Crippen molar-refractivity contribution in [3.63, 3.8) is 0 Å². The van der Waals surface area contributed by atoms with Gasteiger partial charge in [0.25, 0.3) is 0 Å². The van der Waals surface area contributed by atoms with E-state index in [4.69, 9.17) is 0 Å². The van der Waals surface area contributed by atoms with Gasteiger partial charge in [0.05, 0.1) is 5.60 Å². The van der Waals surface area contributed by atoms with Crippen LogP contribution in [0, 0.1) is 5.92 Å². The molecule has 1 rings (SSSR count). The SMILES string of the molecule is C=C(CCCC(C)(C)O)C1CC=C(C)C(=O)C1. The Kier molecular flexibility index (Phi) is 4.70. The van der Waals surface area contributed by atoms with Crippen molar-refractivity contribution in [2.45, 2.75) is 58.5 Å². The zero-order valence-corrected chi connectivity index (χ0v) is 11.3. The van der Waals surface area contributed by atoms with Crippen molar-refractivity contribution in [3.05, 3.63) is 23.8 Å². The molecule has 0 aromatic carbocycles. The Labute approximate surface area is 104 Å². The molecular formula is C15H24O2. The van der Waals surface area contributed by atoms with E-state index in [1.165, 1.54) is 0 Å². The van der Waals surface area contributed by atoms with Gasteiger partial charge in [0.2, 0.25) is 0 Å². The lowest BCUT2D eigenvalue weighted by Crippen LogP contribution is -2.19. The van der Waals surface area contributed by atoms with Crippen LogP contribution in [0.25, 0.3) is 0 Å². The number of carbonyl (C=O) groups excluding carboxylic acids is 1. The molecule has 0 saturated heterocycles.